The van der Waals surface area contributed by atoms with Crippen molar-refractivity contribution in [2.75, 3.05) is 13.1 Å². The summed E-state index contributed by atoms with van der Waals surface area (Å²) < 4.78 is 21.8. The molecule has 6 aliphatic rings. The molecule has 6 heterocycles. The van der Waals surface area contributed by atoms with Gasteiger partial charge in [-0.2, -0.15) is 5.26 Å². The third-order valence-corrected chi connectivity index (χ3v) is 14.5. The SMILES string of the molecule is Cc1nc2c(F)c(-c3cccc(Cl)c3Cl)c(CCC#N)cc2c2c1cc([C@H]1C[C@H](n3cc(C4(C)CCCCC4)nn3)CN1C(=O)C1CC1)n2[C@H]1[C@H]2CN[C@@H]1C2. The van der Waals surface area contributed by atoms with Crippen LogP contribution in [-0.4, -0.2) is 54.5 Å². The van der Waals surface area contributed by atoms with Crippen molar-refractivity contribution in [1.82, 2.24) is 34.8 Å². The molecule has 0 radical (unpaired) electrons. The first kappa shape index (κ1) is 35.4. The minimum absolute atomic E-state index is 0.0140. The highest BCUT2D eigenvalue weighted by atomic mass is 35.5. The van der Waals surface area contributed by atoms with Crippen LogP contribution in [0.2, 0.25) is 10.0 Å². The zero-order chi connectivity index (χ0) is 37.7. The molecule has 5 aromatic rings. The van der Waals surface area contributed by atoms with Crippen LogP contribution in [0.1, 0.15) is 112 Å². The average Bonchev–Trinajstić information content (AvgIpc) is 3.68. The quantitative estimate of drug-likeness (QED) is 0.168. The molecule has 3 aromatic heterocycles. The van der Waals surface area contributed by atoms with Crippen molar-refractivity contribution in [3.05, 3.63) is 75.0 Å². The second-order valence-corrected chi connectivity index (χ2v) is 17.9. The van der Waals surface area contributed by atoms with E-state index < -0.39 is 5.82 Å². The minimum atomic E-state index is -0.469. The fraction of sp³-hybridized carbons (Fsp3) is 0.512. The molecular weight excluding hydrogens is 734 g/mol. The molecule has 5 atom stereocenters. The highest BCUT2D eigenvalue weighted by Gasteiger charge is 2.51. The Morgan fingerprint density at radius 1 is 1.13 bits per heavy atom. The topological polar surface area (TPSA) is 105 Å². The molecule has 1 N–H and O–H groups in total. The van der Waals surface area contributed by atoms with Crippen LogP contribution < -0.4 is 5.32 Å². The Kier molecular flexibility index (Phi) is 8.54. The fourth-order valence-electron chi connectivity index (χ4n) is 10.5. The summed E-state index contributed by atoms with van der Waals surface area (Å²) in [5, 5.41) is 25.1. The summed E-state index contributed by atoms with van der Waals surface area (Å²) in [4.78, 5) is 21.3. The number of nitrogens with zero attached hydrogens (tertiary/aromatic N) is 7. The molecule has 3 saturated carbocycles. The maximum Gasteiger partial charge on any atom is 0.226 e. The molecule has 9 nitrogen and oxygen atoms in total. The van der Waals surface area contributed by atoms with Gasteiger partial charge in [-0.15, -0.1) is 5.10 Å². The van der Waals surface area contributed by atoms with Gasteiger partial charge in [-0.1, -0.05) is 66.7 Å². The lowest BCUT2D eigenvalue weighted by atomic mass is 9.74. The van der Waals surface area contributed by atoms with Gasteiger partial charge in [0, 0.05) is 76.4 Å². The summed E-state index contributed by atoms with van der Waals surface area (Å²) in [6.07, 6.45) is 12.3. The molecule has 3 aliphatic heterocycles. The Morgan fingerprint density at radius 3 is 2.67 bits per heavy atom. The number of aryl methyl sites for hydroxylation is 2. The normalized spacial score (nSPS) is 25.8. The van der Waals surface area contributed by atoms with Crippen LogP contribution >= 0.6 is 23.2 Å². The second kappa shape index (κ2) is 13.3. The van der Waals surface area contributed by atoms with Crippen LogP contribution in [0.25, 0.3) is 32.9 Å². The van der Waals surface area contributed by atoms with Crippen molar-refractivity contribution in [1.29, 1.82) is 5.26 Å². The van der Waals surface area contributed by atoms with Gasteiger partial charge in [0.1, 0.15) is 5.52 Å². The van der Waals surface area contributed by atoms with Crippen molar-refractivity contribution in [3.63, 3.8) is 0 Å². The lowest BCUT2D eigenvalue weighted by molar-refractivity contribution is -0.133. The summed E-state index contributed by atoms with van der Waals surface area (Å²) in [5.74, 6) is 0.231. The van der Waals surface area contributed by atoms with E-state index in [-0.39, 0.29) is 58.4 Å². The molecule has 55 heavy (non-hydrogen) atoms. The van der Waals surface area contributed by atoms with Crippen LogP contribution in [0.5, 0.6) is 0 Å². The standard InChI is InChI=1S/C43H45Cl2FN8O/c1-23-29-19-34(33-18-27(21-52(33)42(55)24-11-12-24)53-22-35(50-51-53)43(2)13-4-3-5-14-43)54(40-26-17-32(40)48-20-26)41(29)30-16-25(8-7-15-47)36(38(46)39(30)49-23)28-9-6-10-31(44)37(28)45/h6,9-10,16,19,22,24,26-27,32-33,40,48H,3-5,7-8,11-14,17-18,20-21H2,1-2H3/t26-,27+,32-,33-,40+/m1/s1. The summed E-state index contributed by atoms with van der Waals surface area (Å²) in [7, 11) is 0. The highest BCUT2D eigenvalue weighted by Crippen LogP contribution is 2.52. The maximum absolute atomic E-state index is 17.3. The van der Waals surface area contributed by atoms with Gasteiger partial charge in [0.2, 0.25) is 5.91 Å². The molecule has 2 bridgehead atoms. The number of aromatic nitrogens is 5. The van der Waals surface area contributed by atoms with E-state index in [9.17, 15) is 10.1 Å². The van der Waals surface area contributed by atoms with Crippen molar-refractivity contribution >= 4 is 50.9 Å². The first-order valence-electron chi connectivity index (χ1n) is 20.1. The van der Waals surface area contributed by atoms with E-state index in [0.717, 1.165) is 66.6 Å². The average molecular weight is 780 g/mol. The Bertz CT molecular complexity index is 2410. The number of hydrogen-bond acceptors (Lipinski definition) is 6. The van der Waals surface area contributed by atoms with E-state index in [4.69, 9.17) is 38.5 Å². The number of benzene rings is 2. The van der Waals surface area contributed by atoms with Crippen LogP contribution in [-0.2, 0) is 16.6 Å². The largest absolute Gasteiger partial charge is 0.337 e. The molecule has 284 valence electrons. The van der Waals surface area contributed by atoms with E-state index >= 15 is 4.39 Å². The van der Waals surface area contributed by atoms with E-state index in [1.54, 1.807) is 18.2 Å². The third-order valence-electron chi connectivity index (χ3n) is 13.7. The molecule has 1 amide bonds. The molecule has 0 spiro atoms. The zero-order valence-electron chi connectivity index (χ0n) is 31.3. The number of carbonyl (C=O) groups is 1. The van der Waals surface area contributed by atoms with Gasteiger partial charge in [0.25, 0.3) is 0 Å². The fourth-order valence-corrected chi connectivity index (χ4v) is 10.9. The van der Waals surface area contributed by atoms with Gasteiger partial charge < -0.3 is 14.8 Å². The number of amides is 1. The first-order chi connectivity index (χ1) is 26.6. The highest BCUT2D eigenvalue weighted by molar-refractivity contribution is 6.43. The number of carbonyl (C=O) groups excluding carboxylic acids is 1. The van der Waals surface area contributed by atoms with Gasteiger partial charge in [0.05, 0.1) is 45.5 Å². The van der Waals surface area contributed by atoms with Crippen molar-refractivity contribution < 1.29 is 9.18 Å². The Morgan fingerprint density at radius 2 is 1.95 bits per heavy atom. The van der Waals surface area contributed by atoms with Crippen molar-refractivity contribution in [3.8, 4) is 17.2 Å². The maximum atomic E-state index is 17.3. The Labute approximate surface area is 330 Å². The van der Waals surface area contributed by atoms with Crippen molar-refractivity contribution in [2.24, 2.45) is 11.8 Å². The summed E-state index contributed by atoms with van der Waals surface area (Å²) >= 11 is 13.2. The van der Waals surface area contributed by atoms with E-state index in [1.165, 1.54) is 19.3 Å². The Hall–Kier alpha value is -4.04. The second-order valence-electron chi connectivity index (χ2n) is 17.2. The molecule has 6 fully saturated rings. The number of hydrogen-bond donors (Lipinski definition) is 1. The summed E-state index contributed by atoms with van der Waals surface area (Å²) in [6, 6.07) is 12.0. The van der Waals surface area contributed by atoms with Gasteiger partial charge in [0.15, 0.2) is 5.82 Å². The molecule has 0 unspecified atom stereocenters. The first-order valence-corrected chi connectivity index (χ1v) is 20.8. The molecule has 2 aromatic carbocycles. The summed E-state index contributed by atoms with van der Waals surface area (Å²) in [5.41, 5.74) is 5.61. The Balaban J connectivity index is 1.16. The van der Waals surface area contributed by atoms with Crippen LogP contribution in [0.4, 0.5) is 4.39 Å². The third kappa shape index (κ3) is 5.62. The minimum Gasteiger partial charge on any atom is -0.337 e. The van der Waals surface area contributed by atoms with Gasteiger partial charge in [-0.25, -0.2) is 14.1 Å². The van der Waals surface area contributed by atoms with Gasteiger partial charge >= 0.3 is 0 Å². The molecule has 3 saturated heterocycles. The van der Waals surface area contributed by atoms with Gasteiger partial charge in [-0.3, -0.25) is 4.79 Å². The van der Waals surface area contributed by atoms with Crippen molar-refractivity contribution in [2.45, 2.75) is 114 Å². The van der Waals surface area contributed by atoms with Crippen LogP contribution in [0.3, 0.4) is 0 Å². The number of rotatable bonds is 8. The predicted octanol–water partition coefficient (Wildman–Crippen LogP) is 9.34. The van der Waals surface area contributed by atoms with Gasteiger partial charge in [-0.05, 0) is 81.5 Å². The molecule has 3 aliphatic carbocycles. The van der Waals surface area contributed by atoms with Crippen LogP contribution in [0, 0.1) is 35.9 Å². The number of nitrogens with one attached hydrogen (secondary N) is 1. The number of likely N-dealkylation sites (tertiary alicyclic amines) is 1. The smallest absolute Gasteiger partial charge is 0.226 e. The lowest BCUT2D eigenvalue weighted by Gasteiger charge is -2.39. The van der Waals surface area contributed by atoms with E-state index in [0.29, 0.717) is 52.4 Å². The molecule has 11 rings (SSSR count). The number of halogens is 3. The number of nitriles is 1. The lowest BCUT2D eigenvalue weighted by Crippen LogP contribution is -2.41. The molecule has 12 heteroatoms. The zero-order valence-corrected chi connectivity index (χ0v) is 32.8. The monoisotopic (exact) mass is 778 g/mol. The number of pyridine rings is 1. The molecular formula is C43H45Cl2FN8O. The van der Waals surface area contributed by atoms with E-state index in [1.807, 2.05) is 17.7 Å². The van der Waals surface area contributed by atoms with Crippen LogP contribution in [0.15, 0.2) is 36.5 Å². The summed E-state index contributed by atoms with van der Waals surface area (Å²) in [6.45, 7) is 5.77. The number of fused-ring (bicyclic) bond motifs is 4. The van der Waals surface area contributed by atoms with E-state index in [2.05, 4.69) is 40.0 Å². The predicted molar refractivity (Wildman–Crippen MR) is 212 cm³/mol.